The molecule has 1 rings (SSSR count). The maximum absolute atomic E-state index is 13.1. The van der Waals surface area contributed by atoms with Crippen molar-refractivity contribution >= 4 is 47.2 Å². The molecule has 1 aromatic carbocycles. The number of carbonyl (C=O) groups is 6. The fourth-order valence-electron chi connectivity index (χ4n) is 3.43. The molecule has 244 valence electrons. The number of thioether (sulfide) groups is 1. The number of methoxy groups -OCH3 is 1. The van der Waals surface area contributed by atoms with E-state index in [0.717, 1.165) is 25.8 Å². The first-order chi connectivity index (χ1) is 20.9. The van der Waals surface area contributed by atoms with Gasteiger partial charge < -0.3 is 40.4 Å². The molecule has 3 atom stereocenters. The molecule has 0 bridgehead atoms. The first-order valence-corrected chi connectivity index (χ1v) is 14.8. The van der Waals surface area contributed by atoms with Crippen molar-refractivity contribution in [1.82, 2.24) is 10.6 Å². The van der Waals surface area contributed by atoms with Gasteiger partial charge in [-0.3, -0.25) is 19.2 Å². The van der Waals surface area contributed by atoms with Gasteiger partial charge >= 0.3 is 11.9 Å². The second-order valence-corrected chi connectivity index (χ2v) is 10.7. The van der Waals surface area contributed by atoms with E-state index in [-0.39, 0.29) is 41.5 Å². The van der Waals surface area contributed by atoms with Crippen LogP contribution in [0.1, 0.15) is 51.3 Å². The number of benzene rings is 1. The smallest absolute Gasteiger partial charge is 0.337 e. The number of Topliss-reactive ketones (excluding diaryl/α,β-unsaturated/α-hetero) is 1. The Morgan fingerprint density at radius 1 is 0.977 bits per heavy atom. The predicted molar refractivity (Wildman–Crippen MR) is 162 cm³/mol. The topological polar surface area (TPSA) is 210 Å². The molecule has 0 saturated carbocycles. The molecule has 0 aliphatic rings. The van der Waals surface area contributed by atoms with Gasteiger partial charge in [0.2, 0.25) is 11.8 Å². The van der Waals surface area contributed by atoms with Crippen LogP contribution in [0.4, 0.5) is 0 Å². The number of ketones is 1. The molecule has 0 saturated heterocycles. The van der Waals surface area contributed by atoms with Gasteiger partial charge in [-0.2, -0.15) is 0 Å². The molecule has 0 aromatic heterocycles. The molecule has 2 unspecified atom stereocenters. The summed E-state index contributed by atoms with van der Waals surface area (Å²) in [5, 5.41) is 13.0. The molecule has 0 radical (unpaired) electrons. The highest BCUT2D eigenvalue weighted by Crippen LogP contribution is 2.21. The first-order valence-electron chi connectivity index (χ1n) is 13.7. The number of hydrogen-bond acceptors (Lipinski definition) is 11. The van der Waals surface area contributed by atoms with Crippen molar-refractivity contribution in [2.75, 3.05) is 59.0 Å². The molecule has 0 aliphatic carbocycles. The van der Waals surface area contributed by atoms with Gasteiger partial charge in [-0.15, -0.1) is 18.3 Å². The van der Waals surface area contributed by atoms with E-state index in [0.29, 0.717) is 33.0 Å². The second-order valence-electron chi connectivity index (χ2n) is 9.50. The number of nitrogens with one attached hydrogen (secondary N) is 2. The van der Waals surface area contributed by atoms with Crippen LogP contribution in [0.25, 0.3) is 0 Å². The Kier molecular flexibility index (Phi) is 18.2. The van der Waals surface area contributed by atoms with E-state index in [1.165, 1.54) is 18.2 Å². The standard InChI is InChI=1S/C29H41N3O11S/c1-5-18(2)16-43-11-10-42-9-8-41-7-6-31-27(36)21-12-20(13-22(14-21)29(39)40-4)24(34)15-25(26(30)35)44-17-23(28(37)38)32-19(3)33/h5,12-14,18,23,25H,1,6-11,15-17H2,2-4H3,(H2,30,35)(H,31,36)(H,32,33)(H,37,38)/t18?,23-,25?/m0/s1. The first kappa shape index (κ1) is 38.2. The van der Waals surface area contributed by atoms with Crippen LogP contribution in [0.15, 0.2) is 30.9 Å². The van der Waals surface area contributed by atoms with Crippen molar-refractivity contribution < 1.29 is 52.8 Å². The predicted octanol–water partition coefficient (Wildman–Crippen LogP) is 0.824. The fourth-order valence-corrected chi connectivity index (χ4v) is 4.52. The van der Waals surface area contributed by atoms with Crippen LogP contribution in [-0.4, -0.2) is 111 Å². The number of carbonyl (C=O) groups excluding carboxylic acids is 5. The van der Waals surface area contributed by atoms with E-state index in [9.17, 15) is 33.9 Å². The summed E-state index contributed by atoms with van der Waals surface area (Å²) in [7, 11) is 1.14. The quantitative estimate of drug-likeness (QED) is 0.0568. The van der Waals surface area contributed by atoms with E-state index in [2.05, 4.69) is 17.2 Å². The highest BCUT2D eigenvalue weighted by Gasteiger charge is 2.26. The van der Waals surface area contributed by atoms with Crippen molar-refractivity contribution in [2.24, 2.45) is 11.7 Å². The summed E-state index contributed by atoms with van der Waals surface area (Å²) in [5.41, 5.74) is 5.30. The molecule has 5 N–H and O–H groups in total. The van der Waals surface area contributed by atoms with Gasteiger partial charge in [-0.1, -0.05) is 13.0 Å². The summed E-state index contributed by atoms with van der Waals surface area (Å²) >= 11 is 0.788. The lowest BCUT2D eigenvalue weighted by Gasteiger charge is -2.17. The van der Waals surface area contributed by atoms with Crippen LogP contribution in [0, 0.1) is 5.92 Å². The molecular formula is C29H41N3O11S. The van der Waals surface area contributed by atoms with Crippen LogP contribution in [0.3, 0.4) is 0 Å². The molecule has 0 spiro atoms. The van der Waals surface area contributed by atoms with Gasteiger partial charge in [0.25, 0.3) is 5.91 Å². The van der Waals surface area contributed by atoms with Gasteiger partial charge in [0.15, 0.2) is 5.78 Å². The number of carboxylic acid groups (broad SMARTS) is 1. The van der Waals surface area contributed by atoms with Crippen LogP contribution in [-0.2, 0) is 33.3 Å². The molecule has 0 aliphatic heterocycles. The summed E-state index contributed by atoms with van der Waals surface area (Å²) in [4.78, 5) is 72.8. The highest BCUT2D eigenvalue weighted by molar-refractivity contribution is 8.00. The number of aliphatic carboxylic acids is 1. The molecule has 44 heavy (non-hydrogen) atoms. The average Bonchev–Trinajstić information content (AvgIpc) is 2.99. The summed E-state index contributed by atoms with van der Waals surface area (Å²) in [6, 6.07) is 2.44. The average molecular weight is 640 g/mol. The SMILES string of the molecule is C=CC(C)COCCOCCOCCNC(=O)c1cc(C(=O)CC(SC[C@H](NC(C)=O)C(=O)O)C(N)=O)cc(C(=O)OC)c1. The fraction of sp³-hybridized carbons (Fsp3) is 0.517. The molecule has 0 heterocycles. The number of nitrogens with two attached hydrogens (primary N) is 1. The maximum atomic E-state index is 13.1. The van der Waals surface area contributed by atoms with Crippen molar-refractivity contribution in [3.8, 4) is 0 Å². The monoisotopic (exact) mass is 639 g/mol. The van der Waals surface area contributed by atoms with Crippen LogP contribution < -0.4 is 16.4 Å². The van der Waals surface area contributed by atoms with E-state index < -0.39 is 53.2 Å². The van der Waals surface area contributed by atoms with E-state index in [4.69, 9.17) is 24.7 Å². The summed E-state index contributed by atoms with van der Waals surface area (Å²) in [6.07, 6.45) is 1.36. The van der Waals surface area contributed by atoms with Crippen LogP contribution >= 0.6 is 11.8 Å². The van der Waals surface area contributed by atoms with Gasteiger partial charge in [0.05, 0.1) is 57.6 Å². The van der Waals surface area contributed by atoms with Crippen molar-refractivity contribution in [2.45, 2.75) is 31.6 Å². The normalized spacial score (nSPS) is 12.8. The number of rotatable bonds is 23. The molecule has 14 nitrogen and oxygen atoms in total. The lowest BCUT2D eigenvalue weighted by Crippen LogP contribution is -2.42. The lowest BCUT2D eigenvalue weighted by atomic mass is 9.99. The Bertz CT molecular complexity index is 1160. The minimum absolute atomic E-state index is 0.00904. The zero-order valence-electron chi connectivity index (χ0n) is 25.1. The lowest BCUT2D eigenvalue weighted by molar-refractivity contribution is -0.140. The van der Waals surface area contributed by atoms with E-state index in [1.54, 1.807) is 0 Å². The third-order valence-electron chi connectivity index (χ3n) is 5.83. The molecule has 15 heteroatoms. The van der Waals surface area contributed by atoms with Gasteiger partial charge in [-0.05, 0) is 24.1 Å². The molecular weight excluding hydrogens is 598 g/mol. The second kappa shape index (κ2) is 21.0. The third-order valence-corrected chi connectivity index (χ3v) is 7.15. The van der Waals surface area contributed by atoms with E-state index in [1.807, 2.05) is 13.0 Å². The number of hydrogen-bond donors (Lipinski definition) is 4. The number of amides is 3. The Morgan fingerprint density at radius 3 is 2.14 bits per heavy atom. The minimum Gasteiger partial charge on any atom is -0.480 e. The van der Waals surface area contributed by atoms with E-state index >= 15 is 0 Å². The highest BCUT2D eigenvalue weighted by atomic mass is 32.2. The third kappa shape index (κ3) is 15.1. The van der Waals surface area contributed by atoms with Crippen LogP contribution in [0.5, 0.6) is 0 Å². The number of ether oxygens (including phenoxy) is 4. The Morgan fingerprint density at radius 2 is 1.57 bits per heavy atom. The van der Waals surface area contributed by atoms with Crippen molar-refractivity contribution in [3.05, 3.63) is 47.5 Å². The number of carboxylic acids is 1. The molecule has 3 amide bonds. The zero-order valence-corrected chi connectivity index (χ0v) is 25.9. The summed E-state index contributed by atoms with van der Waals surface area (Å²) in [6.45, 7) is 9.23. The Balaban J connectivity index is 2.73. The maximum Gasteiger partial charge on any atom is 0.337 e. The van der Waals surface area contributed by atoms with Gasteiger partial charge in [0, 0.05) is 36.8 Å². The molecule has 0 fully saturated rings. The molecule has 1 aromatic rings. The summed E-state index contributed by atoms with van der Waals surface area (Å²) in [5.74, 6) is -4.76. The van der Waals surface area contributed by atoms with Gasteiger partial charge in [0.1, 0.15) is 6.04 Å². The Labute approximate surface area is 260 Å². The minimum atomic E-state index is -1.32. The van der Waals surface area contributed by atoms with Crippen molar-refractivity contribution in [1.29, 1.82) is 0 Å². The largest absolute Gasteiger partial charge is 0.480 e. The Hall–Kier alpha value is -3.79. The van der Waals surface area contributed by atoms with Gasteiger partial charge in [-0.25, -0.2) is 9.59 Å². The zero-order chi connectivity index (χ0) is 33.1. The number of esters is 1. The van der Waals surface area contributed by atoms with Crippen molar-refractivity contribution in [3.63, 3.8) is 0 Å². The summed E-state index contributed by atoms with van der Waals surface area (Å²) < 4.78 is 21.0. The van der Waals surface area contributed by atoms with Crippen LogP contribution in [0.2, 0.25) is 0 Å². The number of primary amides is 1.